The monoisotopic (exact) mass is 214 g/mol. The summed E-state index contributed by atoms with van der Waals surface area (Å²) in [4.78, 5) is 10.6. The summed E-state index contributed by atoms with van der Waals surface area (Å²) in [5.74, 6) is -0.365. The molecular weight excluding hydrogens is 196 g/mol. The fraction of sp³-hybridized carbons (Fsp3) is 0.727. The van der Waals surface area contributed by atoms with E-state index < -0.39 is 0 Å². The van der Waals surface area contributed by atoms with E-state index in [-0.39, 0.29) is 5.97 Å². The van der Waals surface area contributed by atoms with Crippen LogP contribution in [0.4, 0.5) is 0 Å². The van der Waals surface area contributed by atoms with E-state index in [4.69, 9.17) is 14.2 Å². The second kappa shape index (κ2) is 6.58. The van der Waals surface area contributed by atoms with Crippen LogP contribution in [0.1, 0.15) is 19.8 Å². The molecule has 1 aliphatic heterocycles. The fourth-order valence-electron chi connectivity index (χ4n) is 1.14. The maximum atomic E-state index is 10.6. The number of carbonyl (C=O) groups is 1. The standard InChI is InChI=1S/C11H18O4/c1-3-11(12)14-7-5-4-6-13-8-10-9(2)15-10/h3,9-10H,1,4-8H2,2H3. The molecule has 1 saturated heterocycles. The zero-order valence-corrected chi connectivity index (χ0v) is 9.11. The molecule has 0 spiro atoms. The van der Waals surface area contributed by atoms with E-state index in [2.05, 4.69) is 6.58 Å². The first kappa shape index (κ1) is 12.2. The summed E-state index contributed by atoms with van der Waals surface area (Å²) in [5, 5.41) is 0. The minimum absolute atomic E-state index is 0.295. The van der Waals surface area contributed by atoms with Gasteiger partial charge in [-0.1, -0.05) is 6.58 Å². The third-order valence-corrected chi connectivity index (χ3v) is 2.21. The molecule has 1 aliphatic rings. The average molecular weight is 214 g/mol. The van der Waals surface area contributed by atoms with Crippen LogP contribution in [-0.4, -0.2) is 38.0 Å². The Hall–Kier alpha value is -0.870. The van der Waals surface area contributed by atoms with Crippen LogP contribution in [0, 0.1) is 0 Å². The van der Waals surface area contributed by atoms with Gasteiger partial charge in [0.25, 0.3) is 0 Å². The highest BCUT2D eigenvalue weighted by atomic mass is 16.6. The summed E-state index contributed by atoms with van der Waals surface area (Å²) >= 11 is 0. The molecule has 0 radical (unpaired) electrons. The first-order valence-corrected chi connectivity index (χ1v) is 5.26. The number of carbonyl (C=O) groups excluding carboxylic acids is 1. The highest BCUT2D eigenvalue weighted by Crippen LogP contribution is 2.20. The van der Waals surface area contributed by atoms with E-state index >= 15 is 0 Å². The van der Waals surface area contributed by atoms with E-state index in [1.807, 2.05) is 6.92 Å². The average Bonchev–Trinajstić information content (AvgIpc) is 2.93. The fourth-order valence-corrected chi connectivity index (χ4v) is 1.14. The maximum Gasteiger partial charge on any atom is 0.330 e. The maximum absolute atomic E-state index is 10.6. The van der Waals surface area contributed by atoms with Gasteiger partial charge in [0.2, 0.25) is 0 Å². The van der Waals surface area contributed by atoms with Crippen molar-refractivity contribution >= 4 is 5.97 Å². The molecule has 4 heteroatoms. The smallest absolute Gasteiger partial charge is 0.330 e. The highest BCUT2D eigenvalue weighted by Gasteiger charge is 2.33. The van der Waals surface area contributed by atoms with Crippen LogP contribution in [0.5, 0.6) is 0 Å². The largest absolute Gasteiger partial charge is 0.463 e. The van der Waals surface area contributed by atoms with Crippen molar-refractivity contribution in [2.24, 2.45) is 0 Å². The molecule has 0 bridgehead atoms. The summed E-state index contributed by atoms with van der Waals surface area (Å²) in [7, 11) is 0. The van der Waals surface area contributed by atoms with Crippen molar-refractivity contribution in [2.45, 2.75) is 32.0 Å². The van der Waals surface area contributed by atoms with Gasteiger partial charge in [0.1, 0.15) is 6.10 Å². The molecule has 0 amide bonds. The molecule has 0 saturated carbocycles. The molecule has 86 valence electrons. The van der Waals surface area contributed by atoms with Gasteiger partial charge < -0.3 is 14.2 Å². The molecule has 0 aromatic carbocycles. The van der Waals surface area contributed by atoms with Crippen molar-refractivity contribution in [3.8, 4) is 0 Å². The first-order valence-electron chi connectivity index (χ1n) is 5.26. The lowest BCUT2D eigenvalue weighted by Crippen LogP contribution is -2.06. The Labute approximate surface area is 90.2 Å². The van der Waals surface area contributed by atoms with Crippen molar-refractivity contribution in [3.63, 3.8) is 0 Å². The number of rotatable bonds is 8. The zero-order chi connectivity index (χ0) is 11.1. The number of ether oxygens (including phenoxy) is 3. The van der Waals surface area contributed by atoms with Crippen LogP contribution in [-0.2, 0) is 19.0 Å². The predicted molar refractivity (Wildman–Crippen MR) is 55.5 cm³/mol. The van der Waals surface area contributed by atoms with E-state index in [0.29, 0.717) is 32.0 Å². The number of hydrogen-bond acceptors (Lipinski definition) is 4. The van der Waals surface area contributed by atoms with Gasteiger partial charge in [-0.15, -0.1) is 0 Å². The minimum Gasteiger partial charge on any atom is -0.463 e. The second-order valence-electron chi connectivity index (χ2n) is 3.53. The van der Waals surface area contributed by atoms with Crippen LogP contribution >= 0.6 is 0 Å². The quantitative estimate of drug-likeness (QED) is 0.264. The topological polar surface area (TPSA) is 48.1 Å². The summed E-state index contributed by atoms with van der Waals surface area (Å²) in [5.41, 5.74) is 0. The Balaban J connectivity index is 1.77. The molecule has 15 heavy (non-hydrogen) atoms. The zero-order valence-electron chi connectivity index (χ0n) is 9.11. The molecule has 0 aliphatic carbocycles. The summed E-state index contributed by atoms with van der Waals surface area (Å²) in [6.07, 6.45) is 3.54. The lowest BCUT2D eigenvalue weighted by Gasteiger charge is -2.02. The van der Waals surface area contributed by atoms with Crippen LogP contribution in [0.15, 0.2) is 12.7 Å². The SMILES string of the molecule is C=CC(=O)OCCCCOCC1OC1C. The number of unbranched alkanes of at least 4 members (excludes halogenated alkanes) is 1. The summed E-state index contributed by atoms with van der Waals surface area (Å²) < 4.78 is 15.4. The van der Waals surface area contributed by atoms with Crippen molar-refractivity contribution < 1.29 is 19.0 Å². The lowest BCUT2D eigenvalue weighted by atomic mass is 10.3. The molecule has 0 aromatic rings. The Morgan fingerprint density at radius 3 is 2.73 bits per heavy atom. The highest BCUT2D eigenvalue weighted by molar-refractivity contribution is 5.81. The molecule has 1 heterocycles. The number of esters is 1. The van der Waals surface area contributed by atoms with E-state index in [9.17, 15) is 4.79 Å². The molecule has 0 N–H and O–H groups in total. The van der Waals surface area contributed by atoms with Crippen LogP contribution in [0.25, 0.3) is 0 Å². The Bertz CT molecular complexity index is 215. The molecule has 1 fully saturated rings. The van der Waals surface area contributed by atoms with Gasteiger partial charge in [0.05, 0.1) is 19.3 Å². The third kappa shape index (κ3) is 5.54. The predicted octanol–water partition coefficient (Wildman–Crippen LogP) is 1.30. The first-order chi connectivity index (χ1) is 7.24. The van der Waals surface area contributed by atoms with Crippen LogP contribution < -0.4 is 0 Å². The van der Waals surface area contributed by atoms with Gasteiger partial charge >= 0.3 is 5.97 Å². The Morgan fingerprint density at radius 1 is 1.47 bits per heavy atom. The van der Waals surface area contributed by atoms with Gasteiger partial charge in [-0.25, -0.2) is 4.79 Å². The minimum atomic E-state index is -0.365. The summed E-state index contributed by atoms with van der Waals surface area (Å²) in [6.45, 7) is 7.14. The molecular formula is C11H18O4. The molecule has 2 unspecified atom stereocenters. The normalized spacial score (nSPS) is 23.5. The van der Waals surface area contributed by atoms with Gasteiger partial charge in [0.15, 0.2) is 0 Å². The molecule has 2 atom stereocenters. The van der Waals surface area contributed by atoms with E-state index in [1.165, 1.54) is 6.08 Å². The van der Waals surface area contributed by atoms with Crippen molar-refractivity contribution in [2.75, 3.05) is 19.8 Å². The molecule has 0 aromatic heterocycles. The van der Waals surface area contributed by atoms with Crippen molar-refractivity contribution in [1.29, 1.82) is 0 Å². The van der Waals surface area contributed by atoms with E-state index in [1.54, 1.807) is 0 Å². The molecule has 1 rings (SSSR count). The van der Waals surface area contributed by atoms with Gasteiger partial charge in [-0.2, -0.15) is 0 Å². The van der Waals surface area contributed by atoms with Crippen molar-refractivity contribution in [3.05, 3.63) is 12.7 Å². The molecule has 4 nitrogen and oxygen atoms in total. The van der Waals surface area contributed by atoms with E-state index in [0.717, 1.165) is 12.8 Å². The van der Waals surface area contributed by atoms with Crippen molar-refractivity contribution in [1.82, 2.24) is 0 Å². The van der Waals surface area contributed by atoms with Gasteiger partial charge in [0, 0.05) is 12.7 Å². The Morgan fingerprint density at radius 2 is 2.13 bits per heavy atom. The third-order valence-electron chi connectivity index (χ3n) is 2.21. The van der Waals surface area contributed by atoms with Gasteiger partial charge in [-0.3, -0.25) is 0 Å². The second-order valence-corrected chi connectivity index (χ2v) is 3.53. The number of epoxide rings is 1. The van der Waals surface area contributed by atoms with Crippen LogP contribution in [0.3, 0.4) is 0 Å². The number of hydrogen-bond donors (Lipinski definition) is 0. The summed E-state index contributed by atoms with van der Waals surface area (Å²) in [6, 6.07) is 0. The van der Waals surface area contributed by atoms with Gasteiger partial charge in [-0.05, 0) is 19.8 Å². The van der Waals surface area contributed by atoms with Crippen LogP contribution in [0.2, 0.25) is 0 Å². The Kier molecular flexibility index (Phi) is 5.36. The lowest BCUT2D eigenvalue weighted by molar-refractivity contribution is -0.137.